The van der Waals surface area contributed by atoms with E-state index in [1.165, 1.54) is 55.4 Å². The number of para-hydroxylation sites is 2. The molecule has 4 nitrogen and oxygen atoms in total. The van der Waals surface area contributed by atoms with Crippen molar-refractivity contribution in [2.24, 2.45) is 5.92 Å². The molecule has 4 heteroatoms. The second kappa shape index (κ2) is 12.6. The number of carbonyl (C=O) groups excluding carboxylic acids is 1. The second-order valence-corrected chi connectivity index (χ2v) is 9.61. The molecule has 1 aliphatic rings. The van der Waals surface area contributed by atoms with Gasteiger partial charge < -0.3 is 9.88 Å². The SMILES string of the molecule is O=C(CCc1ccccc1)NCCCCCc1nc2ccccc2n1CCC1CCCCC1. The van der Waals surface area contributed by atoms with Crippen molar-refractivity contribution in [1.82, 2.24) is 14.9 Å². The summed E-state index contributed by atoms with van der Waals surface area (Å²) in [6.45, 7) is 1.86. The molecule has 0 radical (unpaired) electrons. The molecule has 0 saturated heterocycles. The molecule has 1 aromatic heterocycles. The van der Waals surface area contributed by atoms with Crippen molar-refractivity contribution in [3.8, 4) is 0 Å². The van der Waals surface area contributed by atoms with E-state index < -0.39 is 0 Å². The van der Waals surface area contributed by atoms with E-state index in [0.717, 1.165) is 56.6 Å². The minimum absolute atomic E-state index is 0.156. The first-order valence-corrected chi connectivity index (χ1v) is 13.0. The molecule has 0 aliphatic heterocycles. The van der Waals surface area contributed by atoms with Crippen LogP contribution in [-0.2, 0) is 24.2 Å². The number of benzene rings is 2. The van der Waals surface area contributed by atoms with Gasteiger partial charge in [-0.15, -0.1) is 0 Å². The van der Waals surface area contributed by atoms with Gasteiger partial charge in [0.15, 0.2) is 0 Å². The first-order valence-electron chi connectivity index (χ1n) is 13.0. The summed E-state index contributed by atoms with van der Waals surface area (Å²) in [5.41, 5.74) is 3.63. The highest BCUT2D eigenvalue weighted by molar-refractivity contribution is 5.76. The van der Waals surface area contributed by atoms with Crippen LogP contribution in [0.25, 0.3) is 11.0 Å². The lowest BCUT2D eigenvalue weighted by Crippen LogP contribution is -2.24. The maximum Gasteiger partial charge on any atom is 0.220 e. The van der Waals surface area contributed by atoms with Crippen LogP contribution in [0.4, 0.5) is 0 Å². The number of aromatic nitrogens is 2. The van der Waals surface area contributed by atoms with E-state index in [9.17, 15) is 4.79 Å². The van der Waals surface area contributed by atoms with Crippen LogP contribution < -0.4 is 5.32 Å². The number of amides is 1. The fourth-order valence-corrected chi connectivity index (χ4v) is 5.16. The van der Waals surface area contributed by atoms with Crippen molar-refractivity contribution < 1.29 is 4.79 Å². The van der Waals surface area contributed by atoms with Crippen LogP contribution in [0.5, 0.6) is 0 Å². The van der Waals surface area contributed by atoms with Gasteiger partial charge in [0.25, 0.3) is 0 Å². The summed E-state index contributed by atoms with van der Waals surface area (Å²) < 4.78 is 2.48. The molecule has 0 bridgehead atoms. The largest absolute Gasteiger partial charge is 0.356 e. The lowest BCUT2D eigenvalue weighted by atomic mass is 9.87. The van der Waals surface area contributed by atoms with E-state index in [1.54, 1.807) is 0 Å². The zero-order valence-electron chi connectivity index (χ0n) is 20.0. The smallest absolute Gasteiger partial charge is 0.220 e. The molecule has 3 aromatic rings. The summed E-state index contributed by atoms with van der Waals surface area (Å²) in [7, 11) is 0. The molecule has 2 aromatic carbocycles. The quantitative estimate of drug-likeness (QED) is 0.325. The van der Waals surface area contributed by atoms with Gasteiger partial charge in [-0.25, -0.2) is 4.98 Å². The third-order valence-electron chi connectivity index (χ3n) is 7.10. The van der Waals surface area contributed by atoms with E-state index >= 15 is 0 Å². The summed E-state index contributed by atoms with van der Waals surface area (Å²) >= 11 is 0. The van der Waals surface area contributed by atoms with Crippen molar-refractivity contribution >= 4 is 16.9 Å². The first kappa shape index (κ1) is 23.5. The number of hydrogen-bond donors (Lipinski definition) is 1. The molecular formula is C29H39N3O. The number of unbranched alkanes of at least 4 members (excludes halogenated alkanes) is 2. The topological polar surface area (TPSA) is 46.9 Å². The highest BCUT2D eigenvalue weighted by Gasteiger charge is 2.16. The number of rotatable bonds is 12. The van der Waals surface area contributed by atoms with Gasteiger partial charge in [0.2, 0.25) is 5.91 Å². The zero-order valence-corrected chi connectivity index (χ0v) is 20.0. The molecule has 4 rings (SSSR count). The predicted octanol–water partition coefficient (Wildman–Crippen LogP) is 6.47. The number of aryl methyl sites for hydroxylation is 3. The Balaban J connectivity index is 1.19. The Hall–Kier alpha value is -2.62. The number of nitrogens with one attached hydrogen (secondary N) is 1. The molecule has 0 spiro atoms. The molecule has 33 heavy (non-hydrogen) atoms. The number of imidazole rings is 1. The van der Waals surface area contributed by atoms with Crippen molar-refractivity contribution in [2.75, 3.05) is 6.54 Å². The third kappa shape index (κ3) is 7.18. The van der Waals surface area contributed by atoms with Crippen LogP contribution in [0.1, 0.15) is 75.6 Å². The number of nitrogens with zero attached hydrogens (tertiary/aromatic N) is 2. The number of carbonyl (C=O) groups is 1. The summed E-state index contributed by atoms with van der Waals surface area (Å²) in [6, 6.07) is 18.8. The Morgan fingerprint density at radius 2 is 1.70 bits per heavy atom. The summed E-state index contributed by atoms with van der Waals surface area (Å²) in [5.74, 6) is 2.28. The van der Waals surface area contributed by atoms with Crippen LogP contribution in [0.2, 0.25) is 0 Å². The minimum Gasteiger partial charge on any atom is -0.356 e. The first-order chi connectivity index (χ1) is 16.3. The van der Waals surface area contributed by atoms with E-state index in [-0.39, 0.29) is 5.91 Å². The average Bonchev–Trinajstić information content (AvgIpc) is 3.22. The molecule has 0 unspecified atom stereocenters. The van der Waals surface area contributed by atoms with Crippen molar-refractivity contribution in [1.29, 1.82) is 0 Å². The molecule has 1 aliphatic carbocycles. The second-order valence-electron chi connectivity index (χ2n) is 9.61. The van der Waals surface area contributed by atoms with E-state index in [1.807, 2.05) is 18.2 Å². The highest BCUT2D eigenvalue weighted by Crippen LogP contribution is 2.28. The zero-order chi connectivity index (χ0) is 22.7. The third-order valence-corrected chi connectivity index (χ3v) is 7.10. The molecule has 1 amide bonds. The lowest BCUT2D eigenvalue weighted by Gasteiger charge is -2.22. The van der Waals surface area contributed by atoms with Gasteiger partial charge >= 0.3 is 0 Å². The lowest BCUT2D eigenvalue weighted by molar-refractivity contribution is -0.121. The minimum atomic E-state index is 0.156. The van der Waals surface area contributed by atoms with Crippen LogP contribution in [0, 0.1) is 5.92 Å². The van der Waals surface area contributed by atoms with Gasteiger partial charge in [0.05, 0.1) is 11.0 Å². The molecule has 1 heterocycles. The van der Waals surface area contributed by atoms with Gasteiger partial charge in [-0.3, -0.25) is 4.79 Å². The Labute approximate surface area is 198 Å². The molecule has 0 atom stereocenters. The average molecular weight is 446 g/mol. The highest BCUT2D eigenvalue weighted by atomic mass is 16.1. The van der Waals surface area contributed by atoms with Crippen molar-refractivity contribution in [3.63, 3.8) is 0 Å². The fraction of sp³-hybridized carbons (Fsp3) is 0.517. The van der Waals surface area contributed by atoms with Gasteiger partial charge in [-0.1, -0.05) is 81.0 Å². The molecular weight excluding hydrogens is 406 g/mol. The summed E-state index contributed by atoms with van der Waals surface area (Å²) in [6.07, 6.45) is 14.0. The molecule has 1 saturated carbocycles. The fourth-order valence-electron chi connectivity index (χ4n) is 5.16. The Morgan fingerprint density at radius 3 is 2.55 bits per heavy atom. The standard InChI is InChI=1S/C29H39N3O/c33-29(20-19-24-12-4-1-5-13-24)30-22-11-3-8-18-28-31-26-16-9-10-17-27(26)32(28)23-21-25-14-6-2-7-15-25/h1,4-5,9-10,12-13,16-17,25H,2-3,6-8,11,14-15,18-23H2,(H,30,33). The van der Waals surface area contributed by atoms with E-state index in [4.69, 9.17) is 4.98 Å². The maximum atomic E-state index is 12.1. The normalized spacial score (nSPS) is 14.5. The maximum absolute atomic E-state index is 12.1. The van der Waals surface area contributed by atoms with Crippen LogP contribution >= 0.6 is 0 Å². The molecule has 176 valence electrons. The van der Waals surface area contributed by atoms with Gasteiger partial charge in [0.1, 0.15) is 5.82 Å². The van der Waals surface area contributed by atoms with Crippen LogP contribution in [-0.4, -0.2) is 22.0 Å². The van der Waals surface area contributed by atoms with Crippen molar-refractivity contribution in [3.05, 3.63) is 66.0 Å². The monoisotopic (exact) mass is 445 g/mol. The number of fused-ring (bicyclic) bond motifs is 1. The number of hydrogen-bond acceptors (Lipinski definition) is 2. The van der Waals surface area contributed by atoms with Gasteiger partial charge in [-0.2, -0.15) is 0 Å². The molecule has 1 N–H and O–H groups in total. The van der Waals surface area contributed by atoms with Crippen LogP contribution in [0.3, 0.4) is 0 Å². The van der Waals surface area contributed by atoms with Crippen molar-refractivity contribution in [2.45, 2.75) is 83.6 Å². The summed E-state index contributed by atoms with van der Waals surface area (Å²) in [4.78, 5) is 17.1. The Morgan fingerprint density at radius 1 is 0.909 bits per heavy atom. The van der Waals surface area contributed by atoms with Gasteiger partial charge in [-0.05, 0) is 49.3 Å². The molecule has 1 fully saturated rings. The van der Waals surface area contributed by atoms with E-state index in [0.29, 0.717) is 6.42 Å². The Kier molecular flexibility index (Phi) is 8.97. The predicted molar refractivity (Wildman–Crippen MR) is 136 cm³/mol. The van der Waals surface area contributed by atoms with Gasteiger partial charge in [0, 0.05) is 25.9 Å². The Bertz CT molecular complexity index is 989. The van der Waals surface area contributed by atoms with Crippen LogP contribution in [0.15, 0.2) is 54.6 Å². The summed E-state index contributed by atoms with van der Waals surface area (Å²) in [5, 5.41) is 3.08. The van der Waals surface area contributed by atoms with E-state index in [2.05, 4.69) is 46.3 Å².